The molecule has 0 amide bonds. The van der Waals surface area contributed by atoms with Gasteiger partial charge in [0, 0.05) is 32.6 Å². The van der Waals surface area contributed by atoms with E-state index < -0.39 is 20.2 Å². The first-order valence-electron chi connectivity index (χ1n) is 7.13. The molecule has 0 saturated carbocycles. The topological polar surface area (TPSA) is 38.7 Å². The van der Waals surface area contributed by atoms with Crippen LogP contribution in [-0.4, -0.2) is 33.4 Å². The van der Waals surface area contributed by atoms with Crippen LogP contribution in [0, 0.1) is 6.08 Å². The summed E-state index contributed by atoms with van der Waals surface area (Å²) in [7, 11) is -5.51. The van der Waals surface area contributed by atoms with E-state index in [0.717, 1.165) is 18.9 Å². The molecule has 0 radical (unpaired) electrons. The number of ether oxygens (including phenoxy) is 2. The van der Waals surface area contributed by atoms with Crippen LogP contribution in [0.25, 0.3) is 0 Å². The second kappa shape index (κ2) is 12.6. The largest absolute Gasteiger partial charge is 0.614 e. The van der Waals surface area contributed by atoms with Crippen molar-refractivity contribution in [3.05, 3.63) is 23.4 Å². The van der Waals surface area contributed by atoms with Crippen LogP contribution in [0.5, 0.6) is 0 Å². The van der Waals surface area contributed by atoms with Crippen molar-refractivity contribution in [1.82, 2.24) is 0 Å². The molecule has 0 aromatic rings. The predicted molar refractivity (Wildman–Crippen MR) is 77.3 cm³/mol. The maximum Gasteiger partial charge on any atom is 0.614 e. The summed E-state index contributed by atoms with van der Waals surface area (Å²) in [5.41, 5.74) is 0. The van der Waals surface area contributed by atoms with Gasteiger partial charge in [0.1, 0.15) is 0 Å². The van der Waals surface area contributed by atoms with Crippen LogP contribution >= 0.6 is 0 Å². The van der Waals surface area contributed by atoms with E-state index in [4.69, 9.17) is 9.47 Å². The first-order valence-corrected chi connectivity index (χ1v) is 8.77. The molecule has 1 rings (SSSR count). The van der Waals surface area contributed by atoms with Crippen molar-refractivity contribution in [1.29, 1.82) is 0 Å². The number of halogens is 3. The molecule has 0 heterocycles. The van der Waals surface area contributed by atoms with Gasteiger partial charge in [0.15, 0.2) is 0 Å². The Balaban J connectivity index is 0. The van der Waals surface area contributed by atoms with Crippen LogP contribution in [0.15, 0.2) is 17.3 Å². The van der Waals surface area contributed by atoms with Crippen LogP contribution in [0.3, 0.4) is 0 Å². The Bertz CT molecular complexity index is 339. The maximum atomic E-state index is 11.7. The Morgan fingerprint density at radius 1 is 1.18 bits per heavy atom. The summed E-state index contributed by atoms with van der Waals surface area (Å²) in [6, 6.07) is 0. The van der Waals surface area contributed by atoms with Gasteiger partial charge in [0.25, 0.3) is 5.97 Å². The number of aliphatic hydroxyl groups is 1. The Kier molecular flexibility index (Phi) is 14.1. The summed E-state index contributed by atoms with van der Waals surface area (Å²) < 4.78 is 45.6. The molecular weight excluding hydrogens is 392 g/mol. The molecule has 1 aliphatic rings. The van der Waals surface area contributed by atoms with Crippen molar-refractivity contribution in [3.63, 3.8) is 0 Å². The van der Waals surface area contributed by atoms with Gasteiger partial charge in [-0.3, -0.25) is 6.08 Å². The Hall–Kier alpha value is 0.250. The first kappa shape index (κ1) is 24.5. The SMILES string of the molecule is CCCOC(O)(CC)OCCC.F[Si](F)(F)C1=[C-]CC=C1.[Zr]. The first-order chi connectivity index (χ1) is 9.79. The summed E-state index contributed by atoms with van der Waals surface area (Å²) >= 11 is 0. The fourth-order valence-corrected chi connectivity index (χ4v) is 1.98. The maximum absolute atomic E-state index is 11.7. The van der Waals surface area contributed by atoms with Crippen LogP contribution in [-0.2, 0) is 35.7 Å². The van der Waals surface area contributed by atoms with Crippen molar-refractivity contribution >= 4 is 9.08 Å². The molecule has 0 bridgehead atoms. The van der Waals surface area contributed by atoms with E-state index in [9.17, 15) is 17.4 Å². The van der Waals surface area contributed by atoms with Gasteiger partial charge < -0.3 is 14.6 Å². The third kappa shape index (κ3) is 10.9. The van der Waals surface area contributed by atoms with Crippen LogP contribution in [0.1, 0.15) is 46.5 Å². The smallest absolute Gasteiger partial charge is 0.343 e. The van der Waals surface area contributed by atoms with E-state index >= 15 is 0 Å². The number of hydrogen-bond donors (Lipinski definition) is 1. The minimum absolute atomic E-state index is 0. The van der Waals surface area contributed by atoms with E-state index in [1.165, 1.54) is 6.08 Å². The van der Waals surface area contributed by atoms with Gasteiger partial charge in [0.05, 0.1) is 13.2 Å². The van der Waals surface area contributed by atoms with Gasteiger partial charge in [-0.15, -0.1) is 11.6 Å². The molecule has 0 spiro atoms. The number of allylic oxidation sites excluding steroid dienone is 4. The third-order valence-corrected chi connectivity index (χ3v) is 3.46. The molecule has 1 N–H and O–H groups in total. The summed E-state index contributed by atoms with van der Waals surface area (Å²) in [5, 5.41) is 9.13. The second-order valence-electron chi connectivity index (χ2n) is 4.46. The molecule has 0 aromatic carbocycles. The summed E-state index contributed by atoms with van der Waals surface area (Å²) in [6.45, 7) is 6.90. The molecule has 0 saturated heterocycles. The van der Waals surface area contributed by atoms with Crippen molar-refractivity contribution in [2.24, 2.45) is 0 Å². The molecule has 0 atom stereocenters. The van der Waals surface area contributed by atoms with Crippen molar-refractivity contribution < 1.29 is 53.1 Å². The fraction of sp³-hybridized carbons (Fsp3) is 0.714. The van der Waals surface area contributed by atoms with Crippen LogP contribution in [0.4, 0.5) is 12.3 Å². The third-order valence-electron chi connectivity index (χ3n) is 2.51. The monoisotopic (exact) mass is 415 g/mol. The standard InChI is InChI=1S/C9H20O3.C5H4F3Si.Zr/c1-4-7-11-9(10,6-3)12-8-5-2;6-9(7,8)5-3-1-2-4-5;/h10H,4-8H2,1-3H3;1,3H,2H2;/q;-1;. The molecule has 0 aromatic heterocycles. The zero-order valence-electron chi connectivity index (χ0n) is 13.3. The van der Waals surface area contributed by atoms with Gasteiger partial charge in [-0.05, 0) is 12.8 Å². The number of hydrogen-bond acceptors (Lipinski definition) is 3. The molecule has 0 unspecified atom stereocenters. The van der Waals surface area contributed by atoms with E-state index in [1.807, 2.05) is 20.8 Å². The quantitative estimate of drug-likeness (QED) is 0.282. The fourth-order valence-electron chi connectivity index (χ4n) is 1.37. The Labute approximate surface area is 151 Å². The molecule has 128 valence electrons. The number of rotatable bonds is 8. The summed E-state index contributed by atoms with van der Waals surface area (Å²) in [6.07, 6.45) is 7.37. The molecule has 0 fully saturated rings. The molecule has 1 aliphatic carbocycles. The molecular formula is C14H24F3O3SiZr-. The van der Waals surface area contributed by atoms with Crippen LogP contribution < -0.4 is 0 Å². The predicted octanol–water partition coefficient (Wildman–Crippen LogP) is 3.96. The second-order valence-corrected chi connectivity index (χ2v) is 5.99. The Morgan fingerprint density at radius 2 is 1.68 bits per heavy atom. The van der Waals surface area contributed by atoms with E-state index in [0.29, 0.717) is 26.1 Å². The minimum atomic E-state index is -5.51. The van der Waals surface area contributed by atoms with Gasteiger partial charge in [-0.25, -0.2) is 18.4 Å². The van der Waals surface area contributed by atoms with Crippen LogP contribution in [0.2, 0.25) is 0 Å². The zero-order chi connectivity index (χ0) is 16.4. The Morgan fingerprint density at radius 3 is 1.91 bits per heavy atom. The molecule has 0 aliphatic heterocycles. The zero-order valence-corrected chi connectivity index (χ0v) is 16.8. The van der Waals surface area contributed by atoms with E-state index in [-0.39, 0.29) is 26.2 Å². The van der Waals surface area contributed by atoms with E-state index in [1.54, 1.807) is 0 Å². The minimum Gasteiger partial charge on any atom is -0.343 e. The van der Waals surface area contributed by atoms with Gasteiger partial charge in [-0.2, -0.15) is 6.08 Å². The summed E-state index contributed by atoms with van der Waals surface area (Å²) in [4.78, 5) is 0. The molecule has 22 heavy (non-hydrogen) atoms. The van der Waals surface area contributed by atoms with Gasteiger partial charge in [0.2, 0.25) is 0 Å². The van der Waals surface area contributed by atoms with Gasteiger partial charge in [-0.1, -0.05) is 20.8 Å². The average Bonchev–Trinajstić information content (AvgIpc) is 2.98. The van der Waals surface area contributed by atoms with Crippen molar-refractivity contribution in [3.8, 4) is 0 Å². The molecule has 8 heteroatoms. The molecule has 3 nitrogen and oxygen atoms in total. The van der Waals surface area contributed by atoms with Crippen molar-refractivity contribution in [2.75, 3.05) is 13.2 Å². The summed E-state index contributed by atoms with van der Waals surface area (Å²) in [5.74, 6) is -1.36. The van der Waals surface area contributed by atoms with Crippen molar-refractivity contribution in [2.45, 2.75) is 52.4 Å². The van der Waals surface area contributed by atoms with Gasteiger partial charge >= 0.3 is 9.08 Å². The average molecular weight is 417 g/mol. The van der Waals surface area contributed by atoms with E-state index in [2.05, 4.69) is 6.08 Å². The normalized spacial score (nSPS) is 14.0.